The first-order chi connectivity index (χ1) is 13.6. The quantitative estimate of drug-likeness (QED) is 0.308. The van der Waals surface area contributed by atoms with Crippen LogP contribution in [0, 0.1) is 0 Å². The first-order valence-corrected chi connectivity index (χ1v) is 9.56. The van der Waals surface area contributed by atoms with Crippen LogP contribution in [0.25, 0.3) is 0 Å². The van der Waals surface area contributed by atoms with Gasteiger partial charge >= 0.3 is 0 Å². The second-order valence-electron chi connectivity index (χ2n) is 6.42. The lowest BCUT2D eigenvalue weighted by Crippen LogP contribution is -2.40. The van der Waals surface area contributed by atoms with Crippen molar-refractivity contribution in [3.05, 3.63) is 65.7 Å². The molecule has 2 N–H and O–H groups in total. The van der Waals surface area contributed by atoms with Crippen molar-refractivity contribution in [2.45, 2.75) is 26.4 Å². The van der Waals surface area contributed by atoms with Gasteiger partial charge in [0.15, 0.2) is 5.96 Å². The molecule has 2 aromatic rings. The van der Waals surface area contributed by atoms with Crippen LogP contribution in [0.4, 0.5) is 0 Å². The molecule has 0 unspecified atom stereocenters. The topological polar surface area (TPSA) is 66.0 Å². The van der Waals surface area contributed by atoms with Crippen LogP contribution >= 0.6 is 24.0 Å². The van der Waals surface area contributed by atoms with E-state index in [1.54, 1.807) is 7.05 Å². The van der Waals surface area contributed by atoms with Crippen LogP contribution in [-0.4, -0.2) is 44.0 Å². The molecule has 158 valence electrons. The largest absolute Gasteiger partial charge is 0.494 e. The Kier molecular flexibility index (Phi) is 11.8. The predicted molar refractivity (Wildman–Crippen MR) is 129 cm³/mol. The van der Waals surface area contributed by atoms with Gasteiger partial charge < -0.3 is 20.3 Å². The second kappa shape index (κ2) is 13.8. The fourth-order valence-electron chi connectivity index (χ4n) is 2.76. The third-order valence-electron chi connectivity index (χ3n) is 4.20. The van der Waals surface area contributed by atoms with Gasteiger partial charge in [0.1, 0.15) is 5.75 Å². The molecule has 0 saturated heterocycles. The molecule has 6 nitrogen and oxygen atoms in total. The summed E-state index contributed by atoms with van der Waals surface area (Å²) in [5.74, 6) is 1.64. The molecule has 0 spiro atoms. The number of aliphatic imine (C=N–C) groups is 1. The number of carbonyl (C=O) groups excluding carboxylic acids is 1. The highest BCUT2D eigenvalue weighted by molar-refractivity contribution is 14.0. The molecule has 0 aliphatic heterocycles. The summed E-state index contributed by atoms with van der Waals surface area (Å²) in [6.45, 7) is 4.42. The minimum Gasteiger partial charge on any atom is -0.494 e. The van der Waals surface area contributed by atoms with Gasteiger partial charge in [-0.2, -0.15) is 0 Å². The van der Waals surface area contributed by atoms with Crippen molar-refractivity contribution >= 4 is 35.8 Å². The minimum atomic E-state index is 0. The van der Waals surface area contributed by atoms with E-state index in [-0.39, 0.29) is 29.9 Å². The standard InChI is InChI=1S/C22H30N4O2.HI/c1-4-28-20-12-10-19(11-13-20)17-26(3)22(23-2)24-15-14-21(27)25-16-18-8-6-5-7-9-18;/h5-13H,4,14-17H2,1-3H3,(H,23,24)(H,25,27);1H. The van der Waals surface area contributed by atoms with E-state index in [1.807, 2.05) is 73.5 Å². The number of rotatable bonds is 9. The maximum atomic E-state index is 12.0. The number of hydrogen-bond acceptors (Lipinski definition) is 3. The van der Waals surface area contributed by atoms with Crippen LogP contribution in [0.5, 0.6) is 5.75 Å². The summed E-state index contributed by atoms with van der Waals surface area (Å²) in [7, 11) is 3.72. The number of carbonyl (C=O) groups is 1. The third-order valence-corrected chi connectivity index (χ3v) is 4.20. The number of halogens is 1. The number of nitrogens with zero attached hydrogens (tertiary/aromatic N) is 2. The summed E-state index contributed by atoms with van der Waals surface area (Å²) in [5, 5.41) is 6.17. The van der Waals surface area contributed by atoms with E-state index in [2.05, 4.69) is 15.6 Å². The van der Waals surface area contributed by atoms with E-state index in [0.717, 1.165) is 22.8 Å². The number of nitrogens with one attached hydrogen (secondary N) is 2. The molecule has 2 rings (SSSR count). The lowest BCUT2D eigenvalue weighted by molar-refractivity contribution is -0.121. The van der Waals surface area contributed by atoms with Gasteiger partial charge in [0.2, 0.25) is 5.91 Å². The molecular weight excluding hydrogens is 479 g/mol. The normalized spacial score (nSPS) is 10.7. The Morgan fingerprint density at radius 1 is 1.03 bits per heavy atom. The summed E-state index contributed by atoms with van der Waals surface area (Å²) < 4.78 is 5.47. The van der Waals surface area contributed by atoms with Crippen LogP contribution in [0.15, 0.2) is 59.6 Å². The van der Waals surface area contributed by atoms with Gasteiger partial charge in [-0.05, 0) is 30.2 Å². The Balaban J connectivity index is 0.00000420. The Labute approximate surface area is 190 Å². The Morgan fingerprint density at radius 2 is 1.72 bits per heavy atom. The van der Waals surface area contributed by atoms with E-state index in [0.29, 0.717) is 32.7 Å². The van der Waals surface area contributed by atoms with Crippen molar-refractivity contribution in [1.29, 1.82) is 0 Å². The molecule has 0 aromatic heterocycles. The lowest BCUT2D eigenvalue weighted by Gasteiger charge is -2.22. The smallest absolute Gasteiger partial charge is 0.222 e. The Bertz CT molecular complexity index is 751. The number of amides is 1. The molecule has 0 aliphatic carbocycles. The van der Waals surface area contributed by atoms with Gasteiger partial charge in [-0.1, -0.05) is 42.5 Å². The maximum Gasteiger partial charge on any atom is 0.222 e. The van der Waals surface area contributed by atoms with Gasteiger partial charge in [0.05, 0.1) is 6.61 Å². The van der Waals surface area contributed by atoms with E-state index in [9.17, 15) is 4.79 Å². The van der Waals surface area contributed by atoms with Crippen molar-refractivity contribution in [3.8, 4) is 5.75 Å². The van der Waals surface area contributed by atoms with E-state index >= 15 is 0 Å². The maximum absolute atomic E-state index is 12.0. The van der Waals surface area contributed by atoms with Crippen molar-refractivity contribution in [1.82, 2.24) is 15.5 Å². The van der Waals surface area contributed by atoms with Gasteiger partial charge in [-0.25, -0.2) is 0 Å². The van der Waals surface area contributed by atoms with Crippen LogP contribution in [0.1, 0.15) is 24.5 Å². The average molecular weight is 510 g/mol. The van der Waals surface area contributed by atoms with Crippen LogP contribution in [-0.2, 0) is 17.9 Å². The zero-order chi connectivity index (χ0) is 20.2. The highest BCUT2D eigenvalue weighted by Crippen LogP contribution is 2.13. The number of ether oxygens (including phenoxy) is 1. The van der Waals surface area contributed by atoms with Crippen molar-refractivity contribution < 1.29 is 9.53 Å². The first-order valence-electron chi connectivity index (χ1n) is 9.56. The van der Waals surface area contributed by atoms with Gasteiger partial charge in [-0.15, -0.1) is 24.0 Å². The fraction of sp³-hybridized carbons (Fsp3) is 0.364. The molecule has 2 aromatic carbocycles. The minimum absolute atomic E-state index is 0. The van der Waals surface area contributed by atoms with Gasteiger partial charge in [-0.3, -0.25) is 9.79 Å². The molecule has 0 heterocycles. The Hall–Kier alpha value is -2.29. The van der Waals surface area contributed by atoms with Crippen LogP contribution in [0.2, 0.25) is 0 Å². The molecular formula is C22H31IN4O2. The molecule has 0 radical (unpaired) electrons. The molecule has 0 fully saturated rings. The van der Waals surface area contributed by atoms with Crippen LogP contribution in [0.3, 0.4) is 0 Å². The SMILES string of the molecule is CCOc1ccc(CN(C)C(=NC)NCCC(=O)NCc2ccccc2)cc1.I. The number of guanidine groups is 1. The number of hydrogen-bond donors (Lipinski definition) is 2. The average Bonchev–Trinajstić information content (AvgIpc) is 2.72. The lowest BCUT2D eigenvalue weighted by atomic mass is 10.2. The van der Waals surface area contributed by atoms with E-state index in [4.69, 9.17) is 4.74 Å². The summed E-state index contributed by atoms with van der Waals surface area (Å²) in [6.07, 6.45) is 0.392. The molecule has 29 heavy (non-hydrogen) atoms. The molecule has 7 heteroatoms. The second-order valence-corrected chi connectivity index (χ2v) is 6.42. The highest BCUT2D eigenvalue weighted by atomic mass is 127. The highest BCUT2D eigenvalue weighted by Gasteiger charge is 2.08. The first kappa shape index (κ1) is 24.7. The summed E-state index contributed by atoms with van der Waals surface area (Å²) in [6, 6.07) is 17.9. The number of benzene rings is 2. The molecule has 0 aliphatic rings. The third kappa shape index (κ3) is 9.17. The predicted octanol–water partition coefficient (Wildman–Crippen LogP) is 3.42. The van der Waals surface area contributed by atoms with Crippen molar-refractivity contribution in [2.24, 2.45) is 4.99 Å². The fourth-order valence-corrected chi connectivity index (χ4v) is 2.76. The monoisotopic (exact) mass is 510 g/mol. The van der Waals surface area contributed by atoms with Crippen molar-refractivity contribution in [2.75, 3.05) is 27.2 Å². The van der Waals surface area contributed by atoms with Crippen LogP contribution < -0.4 is 15.4 Å². The Morgan fingerprint density at radius 3 is 2.34 bits per heavy atom. The zero-order valence-corrected chi connectivity index (χ0v) is 19.7. The summed E-state index contributed by atoms with van der Waals surface area (Å²) in [5.41, 5.74) is 2.25. The zero-order valence-electron chi connectivity index (χ0n) is 17.4. The van der Waals surface area contributed by atoms with Crippen molar-refractivity contribution in [3.63, 3.8) is 0 Å². The summed E-state index contributed by atoms with van der Waals surface area (Å²) in [4.78, 5) is 18.3. The summed E-state index contributed by atoms with van der Waals surface area (Å²) >= 11 is 0. The molecule has 1 amide bonds. The van der Waals surface area contributed by atoms with Gasteiger partial charge in [0, 0.05) is 40.2 Å². The van der Waals surface area contributed by atoms with E-state index < -0.39 is 0 Å². The van der Waals surface area contributed by atoms with E-state index in [1.165, 1.54) is 0 Å². The van der Waals surface area contributed by atoms with Gasteiger partial charge in [0.25, 0.3) is 0 Å². The molecule has 0 bridgehead atoms. The molecule has 0 saturated carbocycles. The molecule has 0 atom stereocenters.